The number of rotatable bonds is 4. The Morgan fingerprint density at radius 1 is 1.65 bits per heavy atom. The Bertz CT molecular complexity index is 574. The summed E-state index contributed by atoms with van der Waals surface area (Å²) < 4.78 is 15.8. The number of hydrogen-bond donors (Lipinski definition) is 2. The smallest absolute Gasteiger partial charge is 0.493 e. The van der Waals surface area contributed by atoms with E-state index in [-0.39, 0.29) is 18.2 Å². The van der Waals surface area contributed by atoms with Gasteiger partial charge in [0.25, 0.3) is 0 Å². The molecule has 0 saturated heterocycles. The fourth-order valence-electron chi connectivity index (χ4n) is 1.87. The lowest BCUT2D eigenvalue weighted by Gasteiger charge is -2.19. The van der Waals surface area contributed by atoms with E-state index >= 15 is 0 Å². The number of ether oxygens (including phenoxy) is 2. The number of hydrogen-bond acceptors (Lipinski definition) is 6. The van der Waals surface area contributed by atoms with Gasteiger partial charge in [0.05, 0.1) is 24.8 Å². The Morgan fingerprint density at radius 2 is 2.35 bits per heavy atom. The summed E-state index contributed by atoms with van der Waals surface area (Å²) in [7, 11) is 0.385. The first kappa shape index (κ1) is 14.9. The summed E-state index contributed by atoms with van der Waals surface area (Å²) in [6.45, 7) is 1.72. The molecule has 6 nitrogen and oxygen atoms in total. The first-order chi connectivity index (χ1) is 9.39. The summed E-state index contributed by atoms with van der Waals surface area (Å²) >= 11 is 6.21. The highest BCUT2D eigenvalue weighted by Crippen LogP contribution is 2.34. The molecule has 1 aromatic rings. The predicted molar refractivity (Wildman–Crippen MR) is 74.1 cm³/mol. The summed E-state index contributed by atoms with van der Waals surface area (Å²) in [6.07, 6.45) is 0. The summed E-state index contributed by atoms with van der Waals surface area (Å²) in [4.78, 5) is 0. The number of nitrogens with zero attached hydrogens (tertiary/aromatic N) is 1. The highest BCUT2D eigenvalue weighted by atomic mass is 35.5. The monoisotopic (exact) mass is 296 g/mol. The molecule has 0 radical (unpaired) electrons. The quantitative estimate of drug-likeness (QED) is 0.770. The number of nitriles is 1. The zero-order valence-electron chi connectivity index (χ0n) is 11.1. The summed E-state index contributed by atoms with van der Waals surface area (Å²) in [5.41, 5.74) is 5.67. The molecule has 0 spiro atoms. The minimum Gasteiger partial charge on any atom is -0.496 e. The van der Waals surface area contributed by atoms with E-state index in [2.05, 4.69) is 0 Å². The summed E-state index contributed by atoms with van der Waals surface area (Å²) in [6, 6.07) is 3.52. The Morgan fingerprint density at radius 3 is 2.95 bits per heavy atom. The van der Waals surface area contributed by atoms with Crippen molar-refractivity contribution in [2.75, 3.05) is 13.7 Å². The van der Waals surface area contributed by atoms with Gasteiger partial charge in [-0.2, -0.15) is 5.26 Å². The molecule has 0 aliphatic carbocycles. The molecule has 8 heteroatoms. The number of benzene rings is 1. The number of nitrogens with two attached hydrogens (primary N) is 1. The zero-order valence-corrected chi connectivity index (χ0v) is 11.9. The van der Waals surface area contributed by atoms with Crippen LogP contribution in [-0.2, 0) is 11.3 Å². The van der Waals surface area contributed by atoms with Gasteiger partial charge in [0, 0.05) is 17.1 Å². The standard InChI is InChI=1S/C12H14BClN2O4/c1-12(16,5-15)6-19-9-3-8(18-2)7-4-20-13(17)10(7)11(9)14/h3,17H,4,6,16H2,1-2H3. The molecule has 1 unspecified atom stereocenters. The highest BCUT2D eigenvalue weighted by Gasteiger charge is 2.35. The summed E-state index contributed by atoms with van der Waals surface area (Å²) in [5, 5.41) is 18.9. The van der Waals surface area contributed by atoms with Crippen LogP contribution in [0.5, 0.6) is 11.5 Å². The third-order valence-corrected chi connectivity index (χ3v) is 3.36. The lowest BCUT2D eigenvalue weighted by atomic mass is 9.79. The van der Waals surface area contributed by atoms with Crippen molar-refractivity contribution < 1.29 is 19.2 Å². The third kappa shape index (κ3) is 2.69. The van der Waals surface area contributed by atoms with Crippen LogP contribution in [0.4, 0.5) is 0 Å². The van der Waals surface area contributed by atoms with Crippen LogP contribution in [0.15, 0.2) is 6.07 Å². The van der Waals surface area contributed by atoms with Gasteiger partial charge in [-0.25, -0.2) is 0 Å². The van der Waals surface area contributed by atoms with Crippen molar-refractivity contribution in [3.63, 3.8) is 0 Å². The molecule has 0 fully saturated rings. The van der Waals surface area contributed by atoms with Gasteiger partial charge in [0.2, 0.25) is 0 Å². The van der Waals surface area contributed by atoms with Gasteiger partial charge < -0.3 is 24.9 Å². The Balaban J connectivity index is 2.36. The second kappa shape index (κ2) is 5.50. The fraction of sp³-hybridized carbons (Fsp3) is 0.417. The highest BCUT2D eigenvalue weighted by molar-refractivity contribution is 6.65. The van der Waals surface area contributed by atoms with Crippen LogP contribution in [0.1, 0.15) is 12.5 Å². The number of halogens is 1. The topological polar surface area (TPSA) is 97.7 Å². The van der Waals surface area contributed by atoms with Gasteiger partial charge >= 0.3 is 7.12 Å². The molecule has 106 valence electrons. The Hall–Kier alpha value is -1.46. The van der Waals surface area contributed by atoms with Crippen LogP contribution in [-0.4, -0.2) is 31.4 Å². The Labute approximate surface area is 122 Å². The zero-order chi connectivity index (χ0) is 14.9. The largest absolute Gasteiger partial charge is 0.496 e. The summed E-state index contributed by atoms with van der Waals surface area (Å²) in [5.74, 6) is 0.797. The molecule has 0 bridgehead atoms. The number of fused-ring (bicyclic) bond motifs is 1. The molecular formula is C12H14BClN2O4. The minimum atomic E-state index is -1.13. The molecule has 1 aliphatic heterocycles. The van der Waals surface area contributed by atoms with Crippen LogP contribution in [0.25, 0.3) is 0 Å². The van der Waals surface area contributed by atoms with E-state index < -0.39 is 12.7 Å². The lowest BCUT2D eigenvalue weighted by molar-refractivity contribution is 0.263. The SMILES string of the molecule is COc1cc(OCC(C)(N)C#N)c(Cl)c2c1COB2O. The molecule has 0 amide bonds. The first-order valence-electron chi connectivity index (χ1n) is 5.91. The molecule has 1 aromatic carbocycles. The van der Waals surface area contributed by atoms with Gasteiger partial charge in [-0.15, -0.1) is 0 Å². The molecular weight excluding hydrogens is 282 g/mol. The van der Waals surface area contributed by atoms with Crippen LogP contribution < -0.4 is 20.7 Å². The van der Waals surface area contributed by atoms with E-state index in [9.17, 15) is 5.02 Å². The maximum atomic E-state index is 9.79. The van der Waals surface area contributed by atoms with E-state index in [0.717, 1.165) is 0 Å². The van der Waals surface area contributed by atoms with Crippen molar-refractivity contribution in [2.45, 2.75) is 19.1 Å². The van der Waals surface area contributed by atoms with Crippen molar-refractivity contribution in [3.05, 3.63) is 16.7 Å². The molecule has 3 N–H and O–H groups in total. The second-order valence-electron chi connectivity index (χ2n) is 4.76. The van der Waals surface area contributed by atoms with Gasteiger partial charge in [0.15, 0.2) is 0 Å². The van der Waals surface area contributed by atoms with E-state index in [1.165, 1.54) is 7.11 Å². The average Bonchev–Trinajstić information content (AvgIpc) is 2.81. The van der Waals surface area contributed by atoms with E-state index in [0.29, 0.717) is 22.5 Å². The number of methoxy groups -OCH3 is 1. The first-order valence-corrected chi connectivity index (χ1v) is 6.29. The van der Waals surface area contributed by atoms with Gasteiger partial charge in [-0.1, -0.05) is 11.6 Å². The molecule has 0 aromatic heterocycles. The second-order valence-corrected chi connectivity index (χ2v) is 5.14. The normalized spacial score (nSPS) is 16.3. The molecule has 1 heterocycles. The predicted octanol–water partition coefficient (Wildman–Crippen LogP) is 0.186. The molecule has 1 aliphatic rings. The lowest BCUT2D eigenvalue weighted by Crippen LogP contribution is -2.41. The third-order valence-electron chi connectivity index (χ3n) is 2.97. The van der Waals surface area contributed by atoms with Crippen molar-refractivity contribution in [1.29, 1.82) is 5.26 Å². The van der Waals surface area contributed by atoms with Crippen molar-refractivity contribution in [2.24, 2.45) is 5.73 Å². The van der Waals surface area contributed by atoms with Gasteiger partial charge in [-0.3, -0.25) is 0 Å². The molecule has 1 atom stereocenters. The van der Waals surface area contributed by atoms with Gasteiger partial charge in [-0.05, 0) is 6.92 Å². The molecule has 2 rings (SSSR count). The maximum absolute atomic E-state index is 9.79. The molecule has 20 heavy (non-hydrogen) atoms. The van der Waals surface area contributed by atoms with Crippen LogP contribution in [0.2, 0.25) is 5.02 Å². The van der Waals surface area contributed by atoms with Gasteiger partial charge in [0.1, 0.15) is 23.6 Å². The molecule has 0 saturated carbocycles. The van der Waals surface area contributed by atoms with Crippen molar-refractivity contribution in [3.8, 4) is 17.6 Å². The van der Waals surface area contributed by atoms with E-state index in [1.54, 1.807) is 13.0 Å². The van der Waals surface area contributed by atoms with E-state index in [1.807, 2.05) is 6.07 Å². The fourth-order valence-corrected chi connectivity index (χ4v) is 2.18. The van der Waals surface area contributed by atoms with Crippen LogP contribution in [0.3, 0.4) is 0 Å². The van der Waals surface area contributed by atoms with Crippen LogP contribution in [0, 0.1) is 11.3 Å². The Kier molecular flexibility index (Phi) is 4.11. The maximum Gasteiger partial charge on any atom is 0.493 e. The van der Waals surface area contributed by atoms with Crippen LogP contribution >= 0.6 is 11.6 Å². The average molecular weight is 297 g/mol. The van der Waals surface area contributed by atoms with E-state index in [4.69, 9.17) is 36.7 Å². The minimum absolute atomic E-state index is 0.0396. The van der Waals surface area contributed by atoms with Crippen molar-refractivity contribution >= 4 is 24.2 Å². The van der Waals surface area contributed by atoms with Crippen molar-refractivity contribution in [1.82, 2.24) is 0 Å².